The summed E-state index contributed by atoms with van der Waals surface area (Å²) in [6.07, 6.45) is 1.58. The van der Waals surface area contributed by atoms with Gasteiger partial charge in [0, 0.05) is 23.5 Å². The fourth-order valence-electron chi connectivity index (χ4n) is 1.58. The molecule has 0 spiro atoms. The monoisotopic (exact) mass is 228 g/mol. The van der Waals surface area contributed by atoms with Crippen molar-refractivity contribution < 1.29 is 4.79 Å². The van der Waals surface area contributed by atoms with Crippen molar-refractivity contribution in [2.45, 2.75) is 0 Å². The number of benzene rings is 1. The molecule has 0 saturated carbocycles. The van der Waals surface area contributed by atoms with Gasteiger partial charge in [0.25, 0.3) is 5.91 Å². The minimum atomic E-state index is -0.312. The number of hydrogen-bond acceptors (Lipinski definition) is 2. The minimum absolute atomic E-state index is 0.164. The Kier molecular flexibility index (Phi) is 3.05. The number of amides is 1. The van der Waals surface area contributed by atoms with E-state index in [1.54, 1.807) is 24.3 Å². The van der Waals surface area contributed by atoms with Crippen LogP contribution in [0.1, 0.15) is 10.5 Å². The van der Waals surface area contributed by atoms with Gasteiger partial charge >= 0.3 is 0 Å². The SMILES string of the molecule is C=CCNC(=O)c1cc(=O)c2ccccc2[nH]1. The average Bonchev–Trinajstić information content (AvgIpc) is 2.36. The molecule has 0 aliphatic carbocycles. The number of rotatable bonds is 3. The van der Waals surface area contributed by atoms with E-state index in [9.17, 15) is 9.59 Å². The summed E-state index contributed by atoms with van der Waals surface area (Å²) in [5.41, 5.74) is 0.752. The lowest BCUT2D eigenvalue weighted by atomic mass is 10.2. The second-order valence-corrected chi connectivity index (χ2v) is 3.59. The highest BCUT2D eigenvalue weighted by Gasteiger charge is 2.07. The van der Waals surface area contributed by atoms with Gasteiger partial charge in [0.2, 0.25) is 0 Å². The van der Waals surface area contributed by atoms with E-state index in [0.29, 0.717) is 17.4 Å². The molecule has 1 aromatic heterocycles. The van der Waals surface area contributed by atoms with E-state index in [2.05, 4.69) is 16.9 Å². The van der Waals surface area contributed by atoms with E-state index in [1.165, 1.54) is 6.07 Å². The van der Waals surface area contributed by atoms with Gasteiger partial charge in [0.15, 0.2) is 5.43 Å². The Hall–Kier alpha value is -2.36. The third-order valence-electron chi connectivity index (χ3n) is 2.39. The summed E-state index contributed by atoms with van der Waals surface area (Å²) in [6.45, 7) is 3.88. The molecule has 0 atom stereocenters. The van der Waals surface area contributed by atoms with E-state index < -0.39 is 0 Å². The van der Waals surface area contributed by atoms with Crippen LogP contribution >= 0.6 is 0 Å². The molecule has 0 radical (unpaired) electrons. The predicted molar refractivity (Wildman–Crippen MR) is 67.1 cm³/mol. The second kappa shape index (κ2) is 4.65. The maximum Gasteiger partial charge on any atom is 0.268 e. The molecule has 2 aromatic rings. The molecule has 1 amide bonds. The van der Waals surface area contributed by atoms with E-state index >= 15 is 0 Å². The van der Waals surface area contributed by atoms with E-state index in [0.717, 1.165) is 0 Å². The number of carbonyl (C=O) groups is 1. The lowest BCUT2D eigenvalue weighted by Crippen LogP contribution is -2.25. The van der Waals surface area contributed by atoms with Gasteiger partial charge in [-0.2, -0.15) is 0 Å². The summed E-state index contributed by atoms with van der Waals surface area (Å²) >= 11 is 0. The molecule has 4 heteroatoms. The number of aromatic nitrogens is 1. The van der Waals surface area contributed by atoms with Gasteiger partial charge in [0.1, 0.15) is 5.69 Å². The van der Waals surface area contributed by atoms with Crippen LogP contribution in [0.5, 0.6) is 0 Å². The van der Waals surface area contributed by atoms with Crippen LogP contribution in [0.3, 0.4) is 0 Å². The molecule has 1 aromatic carbocycles. The fourth-order valence-corrected chi connectivity index (χ4v) is 1.58. The van der Waals surface area contributed by atoms with Gasteiger partial charge in [-0.3, -0.25) is 9.59 Å². The number of hydrogen-bond donors (Lipinski definition) is 2. The smallest absolute Gasteiger partial charge is 0.268 e. The lowest BCUT2D eigenvalue weighted by molar-refractivity contribution is 0.0953. The Morgan fingerprint density at radius 2 is 2.18 bits per heavy atom. The summed E-state index contributed by atoms with van der Waals surface area (Å²) in [5.74, 6) is -0.312. The number of H-pyrrole nitrogens is 1. The summed E-state index contributed by atoms with van der Waals surface area (Å²) in [7, 11) is 0. The standard InChI is InChI=1S/C13H12N2O2/c1-2-7-14-13(17)11-8-12(16)9-5-3-4-6-10(9)15-11/h2-6,8H,1,7H2,(H,14,17)(H,15,16). The molecule has 0 aliphatic heterocycles. The van der Waals surface area contributed by atoms with Gasteiger partial charge in [-0.15, -0.1) is 6.58 Å². The first-order chi connectivity index (χ1) is 8.22. The highest BCUT2D eigenvalue weighted by Crippen LogP contribution is 2.06. The normalized spacial score (nSPS) is 10.1. The maximum absolute atomic E-state index is 11.8. The molecule has 0 saturated heterocycles. The molecular formula is C13H12N2O2. The second-order valence-electron chi connectivity index (χ2n) is 3.59. The van der Waals surface area contributed by atoms with Crippen molar-refractivity contribution in [3.05, 3.63) is 58.9 Å². The van der Waals surface area contributed by atoms with Crippen LogP contribution in [0.2, 0.25) is 0 Å². The number of carbonyl (C=O) groups excluding carboxylic acids is 1. The van der Waals surface area contributed by atoms with Gasteiger partial charge in [-0.05, 0) is 12.1 Å². The van der Waals surface area contributed by atoms with Crippen molar-refractivity contribution in [3.63, 3.8) is 0 Å². The summed E-state index contributed by atoms with van der Waals surface area (Å²) in [6, 6.07) is 8.39. The van der Waals surface area contributed by atoms with Crippen LogP contribution in [0.4, 0.5) is 0 Å². The van der Waals surface area contributed by atoms with Crippen molar-refractivity contribution >= 4 is 16.8 Å². The third-order valence-corrected chi connectivity index (χ3v) is 2.39. The Balaban J connectivity index is 2.46. The predicted octanol–water partition coefficient (Wildman–Crippen LogP) is 1.44. The molecule has 0 unspecified atom stereocenters. The van der Waals surface area contributed by atoms with Crippen molar-refractivity contribution in [1.82, 2.24) is 10.3 Å². The molecule has 2 rings (SSSR count). The molecule has 17 heavy (non-hydrogen) atoms. The zero-order valence-electron chi connectivity index (χ0n) is 9.19. The Morgan fingerprint density at radius 1 is 1.41 bits per heavy atom. The summed E-state index contributed by atoms with van der Waals surface area (Å²) in [4.78, 5) is 26.4. The fraction of sp³-hybridized carbons (Fsp3) is 0.0769. The van der Waals surface area contributed by atoms with Crippen LogP contribution in [0.25, 0.3) is 10.9 Å². The quantitative estimate of drug-likeness (QED) is 0.781. The van der Waals surface area contributed by atoms with Crippen LogP contribution in [0.15, 0.2) is 47.8 Å². The summed E-state index contributed by atoms with van der Waals surface area (Å²) < 4.78 is 0. The molecule has 86 valence electrons. The van der Waals surface area contributed by atoms with Crippen LogP contribution in [-0.4, -0.2) is 17.4 Å². The van der Waals surface area contributed by atoms with Crippen molar-refractivity contribution in [3.8, 4) is 0 Å². The van der Waals surface area contributed by atoms with Crippen LogP contribution in [-0.2, 0) is 0 Å². The highest BCUT2D eigenvalue weighted by molar-refractivity contribution is 5.94. The number of nitrogens with one attached hydrogen (secondary N) is 2. The molecule has 0 fully saturated rings. The van der Waals surface area contributed by atoms with Crippen LogP contribution in [0, 0.1) is 0 Å². The van der Waals surface area contributed by atoms with E-state index in [4.69, 9.17) is 0 Å². The van der Waals surface area contributed by atoms with E-state index in [-0.39, 0.29) is 17.0 Å². The van der Waals surface area contributed by atoms with Gasteiger partial charge in [0.05, 0.1) is 0 Å². The molecule has 0 bridgehead atoms. The molecule has 1 heterocycles. The van der Waals surface area contributed by atoms with Gasteiger partial charge in [-0.1, -0.05) is 18.2 Å². The number of aromatic amines is 1. The highest BCUT2D eigenvalue weighted by atomic mass is 16.2. The van der Waals surface area contributed by atoms with Crippen molar-refractivity contribution in [2.75, 3.05) is 6.54 Å². The summed E-state index contributed by atoms with van der Waals surface area (Å²) in [5, 5.41) is 3.19. The number of pyridine rings is 1. The Morgan fingerprint density at radius 3 is 2.94 bits per heavy atom. The zero-order chi connectivity index (χ0) is 12.3. The van der Waals surface area contributed by atoms with Crippen molar-refractivity contribution in [2.24, 2.45) is 0 Å². The molecular weight excluding hydrogens is 216 g/mol. The lowest BCUT2D eigenvalue weighted by Gasteiger charge is -2.04. The number of fused-ring (bicyclic) bond motifs is 1. The van der Waals surface area contributed by atoms with Crippen LogP contribution < -0.4 is 10.7 Å². The topological polar surface area (TPSA) is 62.0 Å². The number of para-hydroxylation sites is 1. The van der Waals surface area contributed by atoms with E-state index in [1.807, 2.05) is 6.07 Å². The first-order valence-corrected chi connectivity index (χ1v) is 5.23. The Bertz CT molecular complexity index is 629. The van der Waals surface area contributed by atoms with Gasteiger partial charge in [-0.25, -0.2) is 0 Å². The zero-order valence-corrected chi connectivity index (χ0v) is 9.19. The first kappa shape index (κ1) is 11.1. The average molecular weight is 228 g/mol. The largest absolute Gasteiger partial charge is 0.350 e. The first-order valence-electron chi connectivity index (χ1n) is 5.23. The minimum Gasteiger partial charge on any atom is -0.350 e. The third kappa shape index (κ3) is 2.25. The maximum atomic E-state index is 11.8. The molecule has 0 aliphatic rings. The molecule has 4 nitrogen and oxygen atoms in total. The Labute approximate surface area is 98.0 Å². The molecule has 2 N–H and O–H groups in total. The van der Waals surface area contributed by atoms with Crippen molar-refractivity contribution in [1.29, 1.82) is 0 Å². The van der Waals surface area contributed by atoms with Gasteiger partial charge < -0.3 is 10.3 Å².